The second-order valence-corrected chi connectivity index (χ2v) is 8.33. The minimum atomic E-state index is -0.373. The van der Waals surface area contributed by atoms with E-state index in [1.807, 2.05) is 0 Å². The van der Waals surface area contributed by atoms with Crippen molar-refractivity contribution in [3.8, 4) is 6.07 Å². The van der Waals surface area contributed by atoms with Crippen LogP contribution in [0.5, 0.6) is 0 Å². The summed E-state index contributed by atoms with van der Waals surface area (Å²) in [5.41, 5.74) is 2.86. The van der Waals surface area contributed by atoms with Gasteiger partial charge in [-0.25, -0.2) is 4.98 Å². The van der Waals surface area contributed by atoms with Gasteiger partial charge in [-0.05, 0) is 50.2 Å². The van der Waals surface area contributed by atoms with Crippen molar-refractivity contribution in [3.63, 3.8) is 0 Å². The number of anilines is 1. The van der Waals surface area contributed by atoms with Gasteiger partial charge in [0, 0.05) is 18.5 Å². The van der Waals surface area contributed by atoms with Crippen molar-refractivity contribution in [2.75, 3.05) is 11.9 Å². The van der Waals surface area contributed by atoms with E-state index in [9.17, 15) is 14.9 Å². The van der Waals surface area contributed by atoms with Crippen LogP contribution in [-0.2, 0) is 35.5 Å². The van der Waals surface area contributed by atoms with Crippen molar-refractivity contribution < 1.29 is 9.53 Å². The molecule has 1 aliphatic heterocycles. The molecule has 1 N–H and O–H groups in total. The lowest BCUT2D eigenvalue weighted by molar-refractivity contribution is -0.116. The Morgan fingerprint density at radius 2 is 2.19 bits per heavy atom. The first-order valence-corrected chi connectivity index (χ1v) is 11.0. The van der Waals surface area contributed by atoms with Crippen molar-refractivity contribution >= 4 is 22.6 Å². The number of aromatic nitrogens is 4. The second-order valence-electron chi connectivity index (χ2n) is 8.33. The first kappa shape index (κ1) is 20.4. The third-order valence-electron chi connectivity index (χ3n) is 6.29. The normalized spacial score (nSPS) is 17.8. The number of ether oxygens (including phenoxy) is 1. The molecular weight excluding hydrogens is 408 g/mol. The largest absolute Gasteiger partial charge is 0.376 e. The molecule has 9 heteroatoms. The summed E-state index contributed by atoms with van der Waals surface area (Å²) in [4.78, 5) is 33.9. The topological polar surface area (TPSA) is 115 Å². The second kappa shape index (κ2) is 8.55. The molecule has 0 saturated carbocycles. The predicted molar refractivity (Wildman–Crippen MR) is 117 cm³/mol. The van der Waals surface area contributed by atoms with Crippen LogP contribution in [0.15, 0.2) is 29.6 Å². The van der Waals surface area contributed by atoms with E-state index in [1.165, 1.54) is 23.3 Å². The summed E-state index contributed by atoms with van der Waals surface area (Å²) in [5.74, 6) is 0.146. The lowest BCUT2D eigenvalue weighted by Gasteiger charge is -2.20. The Hall–Kier alpha value is -3.51. The zero-order valence-corrected chi connectivity index (χ0v) is 17.7. The summed E-state index contributed by atoms with van der Waals surface area (Å²) >= 11 is 0. The molecule has 1 fully saturated rings. The molecule has 164 valence electrons. The summed E-state index contributed by atoms with van der Waals surface area (Å²) < 4.78 is 9.17. The molecule has 1 unspecified atom stereocenters. The van der Waals surface area contributed by atoms with E-state index in [2.05, 4.69) is 25.9 Å². The zero-order chi connectivity index (χ0) is 22.1. The lowest BCUT2D eigenvalue weighted by atomic mass is 9.95. The van der Waals surface area contributed by atoms with Crippen LogP contribution in [0.4, 0.5) is 5.82 Å². The Bertz CT molecular complexity index is 1280. The molecule has 3 aromatic rings. The van der Waals surface area contributed by atoms with Gasteiger partial charge in [0.2, 0.25) is 5.91 Å². The van der Waals surface area contributed by atoms with Crippen molar-refractivity contribution in [1.29, 1.82) is 5.26 Å². The monoisotopic (exact) mass is 432 g/mol. The third-order valence-corrected chi connectivity index (χ3v) is 6.29. The molecule has 1 atom stereocenters. The first-order valence-electron chi connectivity index (χ1n) is 11.0. The maximum Gasteiger partial charge on any atom is 0.261 e. The van der Waals surface area contributed by atoms with Crippen molar-refractivity contribution in [2.24, 2.45) is 0 Å². The molecule has 1 amide bonds. The standard InChI is InChI=1S/C23H24N6O3/c24-10-18-16-5-1-2-6-20(16)29(12-15-4-3-9-32-15)22(18)27-21(30)13-28-14-26-19-11-25-8-7-17(19)23(28)31/h7-8,11,14-15H,1-6,9,12-13H2,(H,27,30). The molecule has 32 heavy (non-hydrogen) atoms. The highest BCUT2D eigenvalue weighted by molar-refractivity contribution is 5.92. The van der Waals surface area contributed by atoms with Crippen LogP contribution < -0.4 is 10.9 Å². The number of amides is 1. The molecule has 4 heterocycles. The summed E-state index contributed by atoms with van der Waals surface area (Å²) in [6, 6.07) is 3.90. The molecule has 5 rings (SSSR count). The van der Waals surface area contributed by atoms with E-state index in [0.29, 0.717) is 28.8 Å². The number of hydrogen-bond acceptors (Lipinski definition) is 6. The number of fused-ring (bicyclic) bond motifs is 2. The number of nitriles is 1. The van der Waals surface area contributed by atoms with E-state index in [4.69, 9.17) is 4.74 Å². The average Bonchev–Trinajstić information content (AvgIpc) is 3.43. The maximum absolute atomic E-state index is 13.0. The van der Waals surface area contributed by atoms with E-state index < -0.39 is 0 Å². The van der Waals surface area contributed by atoms with Crippen LogP contribution in [0.1, 0.15) is 42.5 Å². The van der Waals surface area contributed by atoms with Crippen LogP contribution in [0.2, 0.25) is 0 Å². The summed E-state index contributed by atoms with van der Waals surface area (Å²) in [5, 5.41) is 13.2. The Morgan fingerprint density at radius 1 is 1.31 bits per heavy atom. The third kappa shape index (κ3) is 3.67. The molecule has 3 aromatic heterocycles. The number of pyridine rings is 1. The fraction of sp³-hybridized carbons (Fsp3) is 0.435. The molecule has 0 aromatic carbocycles. The molecule has 0 bridgehead atoms. The quantitative estimate of drug-likeness (QED) is 0.661. The Labute approximate surface area is 184 Å². The molecule has 0 radical (unpaired) electrons. The van der Waals surface area contributed by atoms with Gasteiger partial charge in [0.1, 0.15) is 18.4 Å². The van der Waals surface area contributed by atoms with Gasteiger partial charge in [0.05, 0.1) is 41.6 Å². The van der Waals surface area contributed by atoms with Crippen LogP contribution in [0.25, 0.3) is 10.9 Å². The molecule has 1 aliphatic carbocycles. The minimum Gasteiger partial charge on any atom is -0.376 e. The smallest absolute Gasteiger partial charge is 0.261 e. The Balaban J connectivity index is 1.46. The number of rotatable bonds is 5. The van der Waals surface area contributed by atoms with Gasteiger partial charge < -0.3 is 14.6 Å². The summed E-state index contributed by atoms with van der Waals surface area (Å²) in [6.45, 7) is 1.17. The molecule has 1 saturated heterocycles. The van der Waals surface area contributed by atoms with Crippen molar-refractivity contribution in [1.82, 2.24) is 19.1 Å². The first-order chi connectivity index (χ1) is 15.7. The van der Waals surface area contributed by atoms with Gasteiger partial charge in [0.15, 0.2) is 0 Å². The van der Waals surface area contributed by atoms with Gasteiger partial charge in [0.25, 0.3) is 5.56 Å². The van der Waals surface area contributed by atoms with E-state index in [-0.39, 0.29) is 24.1 Å². The molecule has 2 aliphatic rings. The van der Waals surface area contributed by atoms with Gasteiger partial charge in [-0.15, -0.1) is 0 Å². The minimum absolute atomic E-state index is 0.0801. The number of hydrogen-bond donors (Lipinski definition) is 1. The lowest BCUT2D eigenvalue weighted by Crippen LogP contribution is -2.29. The fourth-order valence-electron chi connectivity index (χ4n) is 4.76. The number of carbonyl (C=O) groups is 1. The van der Waals surface area contributed by atoms with Crippen LogP contribution in [0.3, 0.4) is 0 Å². The highest BCUT2D eigenvalue weighted by Crippen LogP contribution is 2.34. The van der Waals surface area contributed by atoms with Gasteiger partial charge >= 0.3 is 0 Å². The van der Waals surface area contributed by atoms with E-state index >= 15 is 0 Å². The van der Waals surface area contributed by atoms with Gasteiger partial charge in [-0.1, -0.05) is 0 Å². The number of carbonyl (C=O) groups excluding carboxylic acids is 1. The number of nitrogens with zero attached hydrogens (tertiary/aromatic N) is 5. The van der Waals surface area contributed by atoms with Crippen LogP contribution >= 0.6 is 0 Å². The summed E-state index contributed by atoms with van der Waals surface area (Å²) in [6.07, 6.45) is 10.3. The molecular formula is C23H24N6O3. The molecule has 9 nitrogen and oxygen atoms in total. The van der Waals surface area contributed by atoms with Gasteiger partial charge in [-0.3, -0.25) is 19.1 Å². The van der Waals surface area contributed by atoms with Crippen LogP contribution in [0, 0.1) is 11.3 Å². The summed E-state index contributed by atoms with van der Waals surface area (Å²) in [7, 11) is 0. The fourth-order valence-corrected chi connectivity index (χ4v) is 4.76. The average molecular weight is 432 g/mol. The number of nitrogens with one attached hydrogen (secondary N) is 1. The predicted octanol–water partition coefficient (Wildman–Crippen LogP) is 2.16. The molecule has 0 spiro atoms. The Kier molecular flexibility index (Phi) is 5.45. The van der Waals surface area contributed by atoms with Gasteiger partial charge in [-0.2, -0.15) is 5.26 Å². The Morgan fingerprint density at radius 3 is 3.00 bits per heavy atom. The van der Waals surface area contributed by atoms with Crippen LogP contribution in [-0.4, -0.2) is 37.7 Å². The van der Waals surface area contributed by atoms with Crippen molar-refractivity contribution in [2.45, 2.75) is 57.7 Å². The van der Waals surface area contributed by atoms with Crippen molar-refractivity contribution in [3.05, 3.63) is 52.0 Å². The SMILES string of the molecule is N#Cc1c2c(n(CC3CCCO3)c1NC(=O)Cn1cnc3cnccc3c1=O)CCCC2. The highest BCUT2D eigenvalue weighted by atomic mass is 16.5. The maximum atomic E-state index is 13.0. The highest BCUT2D eigenvalue weighted by Gasteiger charge is 2.28. The zero-order valence-electron chi connectivity index (χ0n) is 17.7. The van der Waals surface area contributed by atoms with E-state index in [0.717, 1.165) is 56.4 Å². The van der Waals surface area contributed by atoms with E-state index in [1.54, 1.807) is 6.07 Å².